The zero-order valence-corrected chi connectivity index (χ0v) is 22.8. The summed E-state index contributed by atoms with van der Waals surface area (Å²) < 4.78 is 33.7. The van der Waals surface area contributed by atoms with E-state index in [9.17, 15) is 18.0 Å². The van der Waals surface area contributed by atoms with Gasteiger partial charge in [0.2, 0.25) is 10.0 Å². The van der Waals surface area contributed by atoms with Crippen molar-refractivity contribution in [2.75, 3.05) is 13.2 Å². The van der Waals surface area contributed by atoms with Gasteiger partial charge in [0.05, 0.1) is 0 Å². The number of allylic oxidation sites excluding steroid dienone is 1. The van der Waals surface area contributed by atoms with Gasteiger partial charge < -0.3 is 9.84 Å². The van der Waals surface area contributed by atoms with Gasteiger partial charge in [-0.1, -0.05) is 46.8 Å². The van der Waals surface area contributed by atoms with E-state index in [-0.39, 0.29) is 27.3 Å². The first kappa shape index (κ1) is 28.4. The smallest absolute Gasteiger partial charge is 0.318 e. The molecule has 0 saturated carbocycles. The van der Waals surface area contributed by atoms with Crippen molar-refractivity contribution in [1.82, 2.24) is 4.72 Å². The fraction of sp³-hybridized carbons (Fsp3) is 0.600. The molecule has 7 nitrogen and oxygen atoms in total. The van der Waals surface area contributed by atoms with Crippen LogP contribution in [0.1, 0.15) is 71.9 Å². The standard InChI is InChI=1S/C25H37NO6S2/c1-8-25(9-2,21-13-17(4)23(33-21)34(30,31)26-14-22(28)29)18-10-11-19(16(3)12-18)32-15-20(27)24(5,6)7/h10-12,21,26H,8-9,13-15H2,1-7H3,(H,28,29). The highest BCUT2D eigenvalue weighted by atomic mass is 32.3. The number of sulfonamides is 1. The van der Waals surface area contributed by atoms with Crippen molar-refractivity contribution < 1.29 is 27.9 Å². The lowest BCUT2D eigenvalue weighted by Gasteiger charge is -2.38. The number of hydrogen-bond donors (Lipinski definition) is 2. The molecule has 1 aliphatic rings. The summed E-state index contributed by atoms with van der Waals surface area (Å²) in [5.74, 6) is -0.529. The maximum Gasteiger partial charge on any atom is 0.318 e. The third-order valence-electron chi connectivity index (χ3n) is 6.57. The minimum Gasteiger partial charge on any atom is -0.486 e. The lowest BCUT2D eigenvalue weighted by atomic mass is 9.71. The van der Waals surface area contributed by atoms with Gasteiger partial charge in [-0.2, -0.15) is 4.72 Å². The van der Waals surface area contributed by atoms with E-state index in [4.69, 9.17) is 9.84 Å². The second kappa shape index (κ2) is 10.8. The topological polar surface area (TPSA) is 110 Å². The molecule has 0 fully saturated rings. The van der Waals surface area contributed by atoms with Crippen molar-refractivity contribution >= 4 is 33.5 Å². The van der Waals surface area contributed by atoms with Gasteiger partial charge >= 0.3 is 5.97 Å². The first-order valence-corrected chi connectivity index (χ1v) is 13.9. The van der Waals surface area contributed by atoms with Crippen LogP contribution in [0.2, 0.25) is 0 Å². The van der Waals surface area contributed by atoms with Crippen LogP contribution in [0.25, 0.3) is 0 Å². The molecule has 1 aromatic rings. The lowest BCUT2D eigenvalue weighted by molar-refractivity contribution is -0.135. The summed E-state index contributed by atoms with van der Waals surface area (Å²) in [5, 5.41) is 8.86. The maximum absolute atomic E-state index is 12.7. The van der Waals surface area contributed by atoms with E-state index in [0.717, 1.165) is 29.5 Å². The molecule has 0 radical (unpaired) electrons. The number of thioether (sulfide) groups is 1. The number of aliphatic carboxylic acids is 1. The Hall–Kier alpha value is -1.84. The van der Waals surface area contributed by atoms with Crippen LogP contribution >= 0.6 is 11.8 Å². The molecule has 2 N–H and O–H groups in total. The molecular formula is C25H37NO6S2. The SMILES string of the molecule is CCC(CC)(c1ccc(OCC(=O)C(C)(C)C)c(C)c1)C1CC(C)=C(S(=O)(=O)NCC(=O)O)S1. The summed E-state index contributed by atoms with van der Waals surface area (Å²) in [6.07, 6.45) is 2.23. The Labute approximate surface area is 207 Å². The summed E-state index contributed by atoms with van der Waals surface area (Å²) in [4.78, 5) is 23.1. The molecule has 0 bridgehead atoms. The number of hydrogen-bond acceptors (Lipinski definition) is 6. The monoisotopic (exact) mass is 511 g/mol. The molecule has 0 spiro atoms. The molecule has 34 heavy (non-hydrogen) atoms. The lowest BCUT2D eigenvalue weighted by Crippen LogP contribution is -2.36. The number of ether oxygens (including phenoxy) is 1. The predicted octanol–water partition coefficient (Wildman–Crippen LogP) is 4.79. The minimum absolute atomic E-state index is 0.00691. The van der Waals surface area contributed by atoms with Gasteiger partial charge in [-0.15, -0.1) is 11.8 Å². The average Bonchev–Trinajstić information content (AvgIpc) is 3.15. The number of benzene rings is 1. The van der Waals surface area contributed by atoms with Crippen LogP contribution in [0.5, 0.6) is 5.75 Å². The third kappa shape index (κ3) is 6.23. The van der Waals surface area contributed by atoms with E-state index in [1.807, 2.05) is 39.8 Å². The highest BCUT2D eigenvalue weighted by molar-refractivity contribution is 8.18. The molecule has 1 unspecified atom stereocenters. The van der Waals surface area contributed by atoms with Crippen molar-refractivity contribution in [3.63, 3.8) is 0 Å². The molecular weight excluding hydrogens is 474 g/mol. The van der Waals surface area contributed by atoms with Crippen LogP contribution in [-0.4, -0.2) is 43.7 Å². The van der Waals surface area contributed by atoms with E-state index >= 15 is 0 Å². The highest BCUT2D eigenvalue weighted by Crippen LogP contribution is 2.52. The Bertz CT molecular complexity index is 1070. The van der Waals surface area contributed by atoms with Crippen LogP contribution in [0, 0.1) is 12.3 Å². The second-order valence-electron chi connectivity index (χ2n) is 9.90. The summed E-state index contributed by atoms with van der Waals surface area (Å²) in [7, 11) is -3.88. The first-order valence-electron chi connectivity index (χ1n) is 11.5. The number of rotatable bonds is 11. The molecule has 0 saturated heterocycles. The Balaban J connectivity index is 2.29. The van der Waals surface area contributed by atoms with Crippen molar-refractivity contribution in [2.24, 2.45) is 5.41 Å². The summed E-state index contributed by atoms with van der Waals surface area (Å²) in [6, 6.07) is 5.99. The Kier molecular flexibility index (Phi) is 9.04. The summed E-state index contributed by atoms with van der Waals surface area (Å²) in [6.45, 7) is 12.9. The van der Waals surface area contributed by atoms with Gasteiger partial charge in [-0.25, -0.2) is 8.42 Å². The molecule has 1 aliphatic heterocycles. The summed E-state index contributed by atoms with van der Waals surface area (Å²) in [5.41, 5.74) is 2.04. The molecule has 0 amide bonds. The predicted molar refractivity (Wildman–Crippen MR) is 137 cm³/mol. The van der Waals surface area contributed by atoms with Crippen molar-refractivity contribution in [2.45, 2.75) is 78.4 Å². The molecule has 0 aromatic heterocycles. The van der Waals surface area contributed by atoms with Crippen molar-refractivity contribution in [1.29, 1.82) is 0 Å². The van der Waals surface area contributed by atoms with Crippen LogP contribution < -0.4 is 9.46 Å². The molecule has 1 heterocycles. The largest absolute Gasteiger partial charge is 0.486 e. The van der Waals surface area contributed by atoms with Gasteiger partial charge in [0.25, 0.3) is 0 Å². The number of carbonyl (C=O) groups is 2. The average molecular weight is 512 g/mol. The van der Waals surface area contributed by atoms with Crippen LogP contribution in [-0.2, 0) is 25.0 Å². The molecule has 1 aromatic carbocycles. The summed E-state index contributed by atoms with van der Waals surface area (Å²) >= 11 is 1.32. The first-order chi connectivity index (χ1) is 15.7. The number of nitrogens with one attached hydrogen (secondary N) is 1. The fourth-order valence-corrected chi connectivity index (χ4v) is 7.83. The number of Topliss-reactive ketones (excluding diaryl/α,β-unsaturated/α-hetero) is 1. The van der Waals surface area contributed by atoms with Gasteiger partial charge in [0, 0.05) is 16.1 Å². The number of carboxylic acid groups (broad SMARTS) is 1. The third-order valence-corrected chi connectivity index (χ3v) is 10.3. The molecule has 0 aliphatic carbocycles. The van der Waals surface area contributed by atoms with E-state index in [0.29, 0.717) is 12.2 Å². The maximum atomic E-state index is 12.7. The van der Waals surface area contributed by atoms with E-state index in [1.165, 1.54) is 11.8 Å². The normalized spacial score (nSPS) is 17.2. The Morgan fingerprint density at radius 2 is 1.79 bits per heavy atom. The molecule has 1 atom stereocenters. The number of carbonyl (C=O) groups excluding carboxylic acids is 1. The second-order valence-corrected chi connectivity index (χ2v) is 13.1. The van der Waals surface area contributed by atoms with Crippen molar-refractivity contribution in [3.05, 3.63) is 39.1 Å². The van der Waals surface area contributed by atoms with E-state index < -0.39 is 28.0 Å². The van der Waals surface area contributed by atoms with Crippen LogP contribution in [0.3, 0.4) is 0 Å². The molecule has 2 rings (SSSR count). The number of aryl methyl sites for hydroxylation is 1. The van der Waals surface area contributed by atoms with Gasteiger partial charge in [0.15, 0.2) is 5.78 Å². The van der Waals surface area contributed by atoms with Gasteiger partial charge in [-0.05, 0) is 55.9 Å². The zero-order valence-electron chi connectivity index (χ0n) is 21.1. The zero-order chi connectivity index (χ0) is 25.9. The van der Waals surface area contributed by atoms with Crippen LogP contribution in [0.4, 0.5) is 0 Å². The Morgan fingerprint density at radius 3 is 2.29 bits per heavy atom. The molecule has 190 valence electrons. The number of carboxylic acids is 1. The van der Waals surface area contributed by atoms with E-state index in [1.54, 1.807) is 6.92 Å². The number of ketones is 1. The fourth-order valence-electron chi connectivity index (χ4n) is 4.24. The van der Waals surface area contributed by atoms with Crippen LogP contribution in [0.15, 0.2) is 28.0 Å². The van der Waals surface area contributed by atoms with Crippen molar-refractivity contribution in [3.8, 4) is 5.75 Å². The quantitative estimate of drug-likeness (QED) is 0.440. The van der Waals surface area contributed by atoms with E-state index in [2.05, 4.69) is 24.6 Å². The highest BCUT2D eigenvalue weighted by Gasteiger charge is 2.44. The minimum atomic E-state index is -3.88. The molecule has 9 heteroatoms. The van der Waals surface area contributed by atoms with Gasteiger partial charge in [-0.3, -0.25) is 9.59 Å². The van der Waals surface area contributed by atoms with Gasteiger partial charge in [0.1, 0.15) is 23.1 Å². The Morgan fingerprint density at radius 1 is 1.18 bits per heavy atom.